The summed E-state index contributed by atoms with van der Waals surface area (Å²) in [7, 11) is 3.82. The van der Waals surface area contributed by atoms with E-state index in [1.807, 2.05) is 19.0 Å². The molecule has 2 aromatic carbocycles. The van der Waals surface area contributed by atoms with Gasteiger partial charge in [-0.15, -0.1) is 0 Å². The van der Waals surface area contributed by atoms with Crippen LogP contribution in [0.1, 0.15) is 6.42 Å². The van der Waals surface area contributed by atoms with Crippen LogP contribution in [0.5, 0.6) is 17.4 Å². The van der Waals surface area contributed by atoms with Crippen molar-refractivity contribution in [2.24, 2.45) is 0 Å². The molecule has 0 saturated carbocycles. The Kier molecular flexibility index (Phi) is 7.56. The maximum absolute atomic E-state index is 13.9. The Morgan fingerprint density at radius 2 is 2.18 bits per heavy atom. The highest BCUT2D eigenvalue weighted by Gasteiger charge is 2.21. The number of ether oxygens (including phenoxy) is 3. The molecule has 10 heteroatoms. The Bertz CT molecular complexity index is 1220. The molecule has 1 amide bonds. The van der Waals surface area contributed by atoms with Gasteiger partial charge in [-0.1, -0.05) is 17.7 Å². The Labute approximate surface area is 201 Å². The second kappa shape index (κ2) is 10.8. The van der Waals surface area contributed by atoms with Crippen LogP contribution in [0.3, 0.4) is 0 Å². The maximum atomic E-state index is 13.9. The number of benzene rings is 2. The number of hydrogen-bond acceptors (Lipinski definition) is 7. The van der Waals surface area contributed by atoms with Gasteiger partial charge in [0.05, 0.1) is 34.8 Å². The van der Waals surface area contributed by atoms with Crippen molar-refractivity contribution in [3.8, 4) is 17.4 Å². The van der Waals surface area contributed by atoms with Crippen LogP contribution in [-0.2, 0) is 9.53 Å². The molecule has 0 bridgehead atoms. The van der Waals surface area contributed by atoms with Gasteiger partial charge in [0.2, 0.25) is 11.8 Å². The van der Waals surface area contributed by atoms with Gasteiger partial charge >= 0.3 is 0 Å². The summed E-state index contributed by atoms with van der Waals surface area (Å²) < 4.78 is 31.2. The van der Waals surface area contributed by atoms with Crippen molar-refractivity contribution in [2.45, 2.75) is 12.5 Å². The number of fused-ring (bicyclic) bond motifs is 1. The number of amides is 1. The van der Waals surface area contributed by atoms with E-state index in [9.17, 15) is 9.18 Å². The zero-order valence-corrected chi connectivity index (χ0v) is 19.5. The number of aromatic nitrogens is 2. The van der Waals surface area contributed by atoms with Crippen molar-refractivity contribution < 1.29 is 23.4 Å². The van der Waals surface area contributed by atoms with Crippen LogP contribution in [0.25, 0.3) is 10.9 Å². The molecule has 0 aliphatic carbocycles. The van der Waals surface area contributed by atoms with Gasteiger partial charge in [-0.25, -0.2) is 14.4 Å². The zero-order valence-electron chi connectivity index (χ0n) is 18.8. The van der Waals surface area contributed by atoms with E-state index in [2.05, 4.69) is 15.3 Å². The summed E-state index contributed by atoms with van der Waals surface area (Å²) >= 11 is 5.76. The first-order chi connectivity index (χ1) is 16.4. The Balaban J connectivity index is 1.68. The minimum Gasteiger partial charge on any atom is -0.486 e. The highest BCUT2D eigenvalue weighted by molar-refractivity contribution is 6.30. The number of hydrogen-bond donors (Lipinski definition) is 1. The Morgan fingerprint density at radius 3 is 2.91 bits per heavy atom. The van der Waals surface area contributed by atoms with Gasteiger partial charge in [0, 0.05) is 31.2 Å². The van der Waals surface area contributed by atoms with Gasteiger partial charge in [-0.2, -0.15) is 0 Å². The first-order valence-electron chi connectivity index (χ1n) is 10.7. The summed E-state index contributed by atoms with van der Waals surface area (Å²) in [6.45, 7) is 1.71. The quantitative estimate of drug-likeness (QED) is 0.471. The molecular formula is C24H24ClFN4O4. The normalized spacial score (nSPS) is 15.9. The summed E-state index contributed by atoms with van der Waals surface area (Å²) in [5.74, 6) is -0.0412. The van der Waals surface area contributed by atoms with E-state index in [0.29, 0.717) is 42.1 Å². The maximum Gasteiger partial charge on any atom is 0.248 e. The molecule has 0 spiro atoms. The molecular weight excluding hydrogens is 463 g/mol. The summed E-state index contributed by atoms with van der Waals surface area (Å²) in [4.78, 5) is 23.0. The molecule has 1 atom stereocenters. The van der Waals surface area contributed by atoms with Crippen LogP contribution in [0.4, 0.5) is 10.1 Å². The number of carbonyl (C=O) groups excluding carboxylic acids is 1. The molecule has 178 valence electrons. The number of halogens is 2. The van der Waals surface area contributed by atoms with E-state index >= 15 is 0 Å². The lowest BCUT2D eigenvalue weighted by molar-refractivity contribution is -0.111. The van der Waals surface area contributed by atoms with E-state index in [1.54, 1.807) is 18.2 Å². The highest BCUT2D eigenvalue weighted by Crippen LogP contribution is 2.36. The van der Waals surface area contributed by atoms with Crippen LogP contribution >= 0.6 is 11.6 Å². The van der Waals surface area contributed by atoms with Crippen molar-refractivity contribution in [1.29, 1.82) is 0 Å². The minimum absolute atomic E-state index is 0.00935. The van der Waals surface area contributed by atoms with Gasteiger partial charge in [0.1, 0.15) is 29.7 Å². The Morgan fingerprint density at radius 1 is 1.32 bits per heavy atom. The first-order valence-corrected chi connectivity index (χ1v) is 11.0. The third-order valence-electron chi connectivity index (χ3n) is 4.98. The first kappa shape index (κ1) is 23.9. The van der Waals surface area contributed by atoms with Crippen LogP contribution < -0.4 is 14.8 Å². The largest absolute Gasteiger partial charge is 0.486 e. The number of anilines is 1. The van der Waals surface area contributed by atoms with Gasteiger partial charge in [0.15, 0.2) is 0 Å². The fraction of sp³-hybridized carbons (Fsp3) is 0.292. The lowest BCUT2D eigenvalue weighted by Gasteiger charge is -2.17. The molecule has 1 saturated heterocycles. The van der Waals surface area contributed by atoms with E-state index in [-0.39, 0.29) is 28.7 Å². The van der Waals surface area contributed by atoms with Crippen LogP contribution in [-0.4, -0.2) is 60.7 Å². The molecule has 4 rings (SSSR count). The van der Waals surface area contributed by atoms with Crippen molar-refractivity contribution in [3.05, 3.63) is 59.7 Å². The fourth-order valence-corrected chi connectivity index (χ4v) is 3.44. The highest BCUT2D eigenvalue weighted by atomic mass is 35.5. The molecule has 1 aliphatic rings. The molecule has 1 aliphatic heterocycles. The summed E-state index contributed by atoms with van der Waals surface area (Å²) in [6.07, 6.45) is 5.17. The van der Waals surface area contributed by atoms with E-state index < -0.39 is 5.82 Å². The zero-order chi connectivity index (χ0) is 24.1. The number of likely N-dealkylation sites (N-methyl/N-ethyl adjacent to an activating group) is 1. The molecule has 3 aromatic rings. The van der Waals surface area contributed by atoms with Crippen LogP contribution in [0.2, 0.25) is 5.02 Å². The number of rotatable bonds is 8. The average molecular weight is 487 g/mol. The molecule has 2 heterocycles. The van der Waals surface area contributed by atoms with E-state index in [4.69, 9.17) is 25.8 Å². The topological polar surface area (TPSA) is 85.8 Å². The standard InChI is InChI=1S/C24H24ClFN4O4/c1-30(2)8-3-4-23(31)29-21-11-17-20(12-22(21)33-16-7-9-32-13-16)27-14-28-24(17)34-15-5-6-18(25)19(26)10-15/h3-6,10-12,14,16H,7-9,13H2,1-2H3,(H,29,31)/b4-3+/t16-/m0/s1. The molecule has 8 nitrogen and oxygen atoms in total. The van der Waals surface area contributed by atoms with Gasteiger partial charge in [-0.05, 0) is 32.3 Å². The number of nitrogens with zero attached hydrogens (tertiary/aromatic N) is 3. The molecule has 1 fully saturated rings. The molecule has 0 unspecified atom stereocenters. The molecule has 1 aromatic heterocycles. The average Bonchev–Trinajstić information content (AvgIpc) is 3.30. The second-order valence-corrected chi connectivity index (χ2v) is 8.39. The third-order valence-corrected chi connectivity index (χ3v) is 5.29. The van der Waals surface area contributed by atoms with Crippen LogP contribution in [0.15, 0.2) is 48.8 Å². The number of nitrogens with one attached hydrogen (secondary N) is 1. The van der Waals surface area contributed by atoms with Gasteiger partial charge in [0.25, 0.3) is 0 Å². The van der Waals surface area contributed by atoms with Crippen molar-refractivity contribution in [3.63, 3.8) is 0 Å². The summed E-state index contributed by atoms with van der Waals surface area (Å²) in [5, 5.41) is 3.36. The minimum atomic E-state index is -0.607. The van der Waals surface area contributed by atoms with Crippen molar-refractivity contribution in [1.82, 2.24) is 14.9 Å². The molecule has 0 radical (unpaired) electrons. The molecule has 1 N–H and O–H groups in total. The van der Waals surface area contributed by atoms with Crippen molar-refractivity contribution in [2.75, 3.05) is 39.2 Å². The summed E-state index contributed by atoms with van der Waals surface area (Å²) in [5.41, 5.74) is 0.968. The lowest BCUT2D eigenvalue weighted by Crippen LogP contribution is -2.18. The summed E-state index contributed by atoms with van der Waals surface area (Å²) in [6, 6.07) is 7.50. The molecule has 34 heavy (non-hydrogen) atoms. The van der Waals surface area contributed by atoms with Crippen molar-refractivity contribution >= 4 is 34.1 Å². The fourth-order valence-electron chi connectivity index (χ4n) is 3.32. The van der Waals surface area contributed by atoms with Gasteiger partial charge in [-0.3, -0.25) is 4.79 Å². The SMILES string of the molecule is CN(C)C/C=C/C(=O)Nc1cc2c(Oc3ccc(Cl)c(F)c3)ncnc2cc1O[C@H]1CCOC1. The van der Waals surface area contributed by atoms with E-state index in [1.165, 1.54) is 30.6 Å². The third kappa shape index (κ3) is 5.99. The smallest absolute Gasteiger partial charge is 0.248 e. The monoisotopic (exact) mass is 486 g/mol. The predicted octanol–water partition coefficient (Wildman–Crippen LogP) is 4.44. The number of carbonyl (C=O) groups is 1. The lowest BCUT2D eigenvalue weighted by atomic mass is 10.2. The second-order valence-electron chi connectivity index (χ2n) is 7.98. The Hall–Kier alpha value is -3.27. The van der Waals surface area contributed by atoms with Gasteiger partial charge < -0.3 is 24.4 Å². The predicted molar refractivity (Wildman–Crippen MR) is 127 cm³/mol. The van der Waals surface area contributed by atoms with E-state index in [0.717, 1.165) is 6.42 Å². The van der Waals surface area contributed by atoms with Crippen LogP contribution in [0, 0.1) is 5.82 Å².